The van der Waals surface area contributed by atoms with Gasteiger partial charge in [0.15, 0.2) is 0 Å². The lowest BCUT2D eigenvalue weighted by Gasteiger charge is -2.31. The van der Waals surface area contributed by atoms with Crippen molar-refractivity contribution in [1.82, 2.24) is 5.32 Å². The molecule has 1 aliphatic rings. The van der Waals surface area contributed by atoms with E-state index < -0.39 is 5.54 Å². The molecule has 1 aromatic rings. The van der Waals surface area contributed by atoms with Gasteiger partial charge in [0, 0.05) is 22.2 Å². The smallest absolute Gasteiger partial charge is 0.240 e. The van der Waals surface area contributed by atoms with Crippen molar-refractivity contribution < 1.29 is 4.79 Å². The normalized spacial score (nSPS) is 16.9. The Kier molecular flexibility index (Phi) is 7.88. The monoisotopic (exact) mass is 348 g/mol. The predicted octanol–water partition coefficient (Wildman–Crippen LogP) is 3.63. The fourth-order valence-corrected chi connectivity index (χ4v) is 3.34. The van der Waals surface area contributed by atoms with E-state index in [1.807, 2.05) is 24.3 Å². The van der Waals surface area contributed by atoms with E-state index in [9.17, 15) is 4.79 Å². The maximum absolute atomic E-state index is 12.1. The van der Waals surface area contributed by atoms with Gasteiger partial charge in [-0.25, -0.2) is 0 Å². The van der Waals surface area contributed by atoms with Crippen molar-refractivity contribution in [2.24, 2.45) is 5.73 Å². The number of carbonyl (C=O) groups excluding carboxylic acids is 1. The molecule has 3 N–H and O–H groups in total. The molecule has 1 saturated carbocycles. The Balaban J connectivity index is 0.00000220. The minimum atomic E-state index is -0.636. The number of thioether (sulfide) groups is 1. The minimum absolute atomic E-state index is 0. The van der Waals surface area contributed by atoms with Crippen LogP contribution in [0.25, 0.3) is 0 Å². The first-order chi connectivity index (χ1) is 9.60. The lowest BCUT2D eigenvalue weighted by atomic mass is 9.82. The summed E-state index contributed by atoms with van der Waals surface area (Å²) >= 11 is 7.54. The van der Waals surface area contributed by atoms with Gasteiger partial charge in [-0.05, 0) is 37.1 Å². The number of carbonyl (C=O) groups is 1. The topological polar surface area (TPSA) is 55.1 Å². The first-order valence-electron chi connectivity index (χ1n) is 7.06. The van der Waals surface area contributed by atoms with Crippen LogP contribution in [0, 0.1) is 0 Å². The standard InChI is InChI=1S/C15H21ClN2OS.ClH/c16-12-4-6-13(7-5-12)20-11-10-18-14(19)15(17)8-2-1-3-9-15;/h4-7H,1-3,8-11,17H2,(H,18,19);1H. The lowest BCUT2D eigenvalue weighted by Crippen LogP contribution is -2.55. The summed E-state index contributed by atoms with van der Waals surface area (Å²) in [6.45, 7) is 0.644. The summed E-state index contributed by atoms with van der Waals surface area (Å²) in [5.41, 5.74) is 5.54. The number of nitrogens with two attached hydrogens (primary N) is 1. The van der Waals surface area contributed by atoms with E-state index in [1.54, 1.807) is 11.8 Å². The van der Waals surface area contributed by atoms with Gasteiger partial charge in [-0.1, -0.05) is 30.9 Å². The first-order valence-corrected chi connectivity index (χ1v) is 8.42. The second kappa shape index (κ2) is 8.89. The maximum atomic E-state index is 12.1. The number of amides is 1. The quantitative estimate of drug-likeness (QED) is 0.630. The maximum Gasteiger partial charge on any atom is 0.240 e. The Morgan fingerprint density at radius 3 is 2.48 bits per heavy atom. The number of benzene rings is 1. The molecule has 2 rings (SSSR count). The number of halogens is 2. The summed E-state index contributed by atoms with van der Waals surface area (Å²) in [4.78, 5) is 13.3. The Morgan fingerprint density at radius 1 is 1.24 bits per heavy atom. The third-order valence-corrected chi connectivity index (χ3v) is 4.93. The number of hydrogen-bond donors (Lipinski definition) is 2. The van der Waals surface area contributed by atoms with Gasteiger partial charge in [-0.2, -0.15) is 0 Å². The average molecular weight is 349 g/mol. The zero-order chi connectivity index (χ0) is 14.4. The van der Waals surface area contributed by atoms with Crippen LogP contribution < -0.4 is 11.1 Å². The number of hydrogen-bond acceptors (Lipinski definition) is 3. The molecule has 0 spiro atoms. The summed E-state index contributed by atoms with van der Waals surface area (Å²) in [5, 5.41) is 3.70. The summed E-state index contributed by atoms with van der Waals surface area (Å²) in [6.07, 6.45) is 4.93. The number of rotatable bonds is 5. The zero-order valence-corrected chi connectivity index (χ0v) is 14.3. The molecule has 0 unspecified atom stereocenters. The van der Waals surface area contributed by atoms with Crippen LogP contribution in [0.2, 0.25) is 5.02 Å². The van der Waals surface area contributed by atoms with E-state index in [2.05, 4.69) is 5.32 Å². The second-order valence-corrected chi connectivity index (χ2v) is 6.88. The third kappa shape index (κ3) is 5.70. The van der Waals surface area contributed by atoms with Crippen LogP contribution >= 0.6 is 35.8 Å². The molecule has 0 saturated heterocycles. The van der Waals surface area contributed by atoms with Crippen LogP contribution in [0.4, 0.5) is 0 Å². The fraction of sp³-hybridized carbons (Fsp3) is 0.533. The molecular weight excluding hydrogens is 327 g/mol. The van der Waals surface area contributed by atoms with E-state index in [0.29, 0.717) is 6.54 Å². The summed E-state index contributed by atoms with van der Waals surface area (Å²) < 4.78 is 0. The third-order valence-electron chi connectivity index (χ3n) is 3.67. The van der Waals surface area contributed by atoms with Crippen LogP contribution in [0.3, 0.4) is 0 Å². The van der Waals surface area contributed by atoms with E-state index in [0.717, 1.165) is 41.4 Å². The predicted molar refractivity (Wildman–Crippen MR) is 92.4 cm³/mol. The molecule has 0 heterocycles. The summed E-state index contributed by atoms with van der Waals surface area (Å²) in [6, 6.07) is 7.72. The van der Waals surface area contributed by atoms with E-state index in [1.165, 1.54) is 6.42 Å². The average Bonchev–Trinajstić information content (AvgIpc) is 2.46. The van der Waals surface area contributed by atoms with Crippen LogP contribution in [0.5, 0.6) is 0 Å². The van der Waals surface area contributed by atoms with Gasteiger partial charge in [-0.15, -0.1) is 24.2 Å². The highest BCUT2D eigenvalue weighted by atomic mass is 35.5. The van der Waals surface area contributed by atoms with E-state index in [4.69, 9.17) is 17.3 Å². The lowest BCUT2D eigenvalue weighted by molar-refractivity contribution is -0.127. The van der Waals surface area contributed by atoms with Crippen LogP contribution in [0.1, 0.15) is 32.1 Å². The highest BCUT2D eigenvalue weighted by Crippen LogP contribution is 2.26. The molecule has 0 bridgehead atoms. The molecule has 3 nitrogen and oxygen atoms in total. The van der Waals surface area contributed by atoms with Crippen LogP contribution in [-0.2, 0) is 4.79 Å². The van der Waals surface area contributed by atoms with Crippen molar-refractivity contribution in [1.29, 1.82) is 0 Å². The van der Waals surface area contributed by atoms with Crippen molar-refractivity contribution in [3.05, 3.63) is 29.3 Å². The SMILES string of the molecule is Cl.NC1(C(=O)NCCSc2ccc(Cl)cc2)CCCCC1. The van der Waals surface area contributed by atoms with Crippen LogP contribution in [-0.4, -0.2) is 23.7 Å². The molecule has 1 amide bonds. The second-order valence-electron chi connectivity index (χ2n) is 5.28. The van der Waals surface area contributed by atoms with Crippen molar-refractivity contribution in [3.8, 4) is 0 Å². The molecule has 0 atom stereocenters. The van der Waals surface area contributed by atoms with Crippen molar-refractivity contribution in [2.45, 2.75) is 42.5 Å². The van der Waals surface area contributed by atoms with Crippen molar-refractivity contribution >= 4 is 41.7 Å². The summed E-state index contributed by atoms with van der Waals surface area (Å²) in [7, 11) is 0. The molecule has 6 heteroatoms. The van der Waals surface area contributed by atoms with Gasteiger partial charge in [-0.3, -0.25) is 4.79 Å². The molecule has 118 valence electrons. The Labute approximate surface area is 141 Å². The first kappa shape index (κ1) is 18.6. The Hall–Kier alpha value is -0.420. The van der Waals surface area contributed by atoms with Crippen LogP contribution in [0.15, 0.2) is 29.2 Å². The van der Waals surface area contributed by atoms with Gasteiger partial charge in [0.05, 0.1) is 5.54 Å². The van der Waals surface area contributed by atoms with Crippen molar-refractivity contribution in [3.63, 3.8) is 0 Å². The zero-order valence-electron chi connectivity index (χ0n) is 11.9. The molecular formula is C15H22Cl2N2OS. The van der Waals surface area contributed by atoms with Gasteiger partial charge < -0.3 is 11.1 Å². The van der Waals surface area contributed by atoms with E-state index >= 15 is 0 Å². The molecule has 1 aliphatic carbocycles. The highest BCUT2D eigenvalue weighted by molar-refractivity contribution is 7.99. The molecule has 0 aliphatic heterocycles. The van der Waals surface area contributed by atoms with Gasteiger partial charge in [0.2, 0.25) is 5.91 Å². The minimum Gasteiger partial charge on any atom is -0.354 e. The summed E-state index contributed by atoms with van der Waals surface area (Å²) in [5.74, 6) is 0.845. The molecule has 0 radical (unpaired) electrons. The van der Waals surface area contributed by atoms with Gasteiger partial charge in [0.1, 0.15) is 0 Å². The number of nitrogens with one attached hydrogen (secondary N) is 1. The molecule has 1 aromatic carbocycles. The highest BCUT2D eigenvalue weighted by Gasteiger charge is 2.34. The van der Waals surface area contributed by atoms with Gasteiger partial charge in [0.25, 0.3) is 0 Å². The fourth-order valence-electron chi connectivity index (χ4n) is 2.45. The molecule has 21 heavy (non-hydrogen) atoms. The largest absolute Gasteiger partial charge is 0.354 e. The van der Waals surface area contributed by atoms with Crippen molar-refractivity contribution in [2.75, 3.05) is 12.3 Å². The van der Waals surface area contributed by atoms with E-state index in [-0.39, 0.29) is 18.3 Å². The Morgan fingerprint density at radius 2 is 1.86 bits per heavy atom. The molecule has 0 aromatic heterocycles. The van der Waals surface area contributed by atoms with Gasteiger partial charge >= 0.3 is 0 Å². The Bertz CT molecular complexity index is 447. The molecule has 1 fully saturated rings.